The van der Waals surface area contributed by atoms with Crippen LogP contribution in [-0.4, -0.2) is 41.5 Å². The maximum absolute atomic E-state index is 5.33. The number of methoxy groups -OCH3 is 1. The minimum absolute atomic E-state index is 0.0309. The van der Waals surface area contributed by atoms with Crippen molar-refractivity contribution >= 4 is 28.6 Å². The third-order valence-corrected chi connectivity index (χ3v) is 5.76. The lowest BCUT2D eigenvalue weighted by molar-refractivity contribution is 0.119. The topological polar surface area (TPSA) is 62.6 Å². The first-order valence-corrected chi connectivity index (χ1v) is 10.2. The smallest absolute Gasteiger partial charge is 0.194 e. The van der Waals surface area contributed by atoms with E-state index in [0.29, 0.717) is 13.1 Å². The Morgan fingerprint density at radius 1 is 1.28 bits per heavy atom. The summed E-state index contributed by atoms with van der Waals surface area (Å²) in [6, 6.07) is 0. The maximum Gasteiger partial charge on any atom is 0.194 e. The quantitative estimate of drug-likeness (QED) is 0.560. The van der Waals surface area contributed by atoms with Crippen molar-refractivity contribution in [2.75, 3.05) is 20.7 Å². The number of rotatable bonds is 8. The Kier molecular flexibility index (Phi) is 7.80. The van der Waals surface area contributed by atoms with E-state index in [4.69, 9.17) is 9.73 Å². The van der Waals surface area contributed by atoms with E-state index in [0.717, 1.165) is 40.3 Å². The number of ether oxygens (including phenoxy) is 1. The van der Waals surface area contributed by atoms with Gasteiger partial charge in [-0.3, -0.25) is 0 Å². The predicted octanol–water partition coefficient (Wildman–Crippen LogP) is 3.47. The van der Waals surface area contributed by atoms with Crippen molar-refractivity contribution in [2.45, 2.75) is 46.4 Å². The molecule has 0 saturated carbocycles. The molecule has 2 aromatic heterocycles. The first-order chi connectivity index (χ1) is 12.1. The van der Waals surface area contributed by atoms with Gasteiger partial charge >= 0.3 is 0 Å². The van der Waals surface area contributed by atoms with Gasteiger partial charge in [-0.2, -0.15) is 0 Å². The molecule has 1 N–H and O–H groups in total. The normalized spacial score (nSPS) is 13.1. The zero-order valence-corrected chi connectivity index (χ0v) is 17.2. The molecule has 25 heavy (non-hydrogen) atoms. The van der Waals surface area contributed by atoms with E-state index >= 15 is 0 Å². The average Bonchev–Trinajstić information content (AvgIpc) is 3.27. The van der Waals surface area contributed by atoms with Crippen LogP contribution in [0.3, 0.4) is 0 Å². The second-order valence-corrected chi connectivity index (χ2v) is 7.50. The number of aliphatic imine (C=N–C) groups is 1. The molecule has 0 aliphatic carbocycles. The minimum atomic E-state index is 0.0309. The molecule has 0 bridgehead atoms. The molecule has 2 heterocycles. The molecule has 138 valence electrons. The summed E-state index contributed by atoms with van der Waals surface area (Å²) in [6.07, 6.45) is 1.00. The maximum atomic E-state index is 5.33. The van der Waals surface area contributed by atoms with E-state index in [2.05, 4.69) is 44.8 Å². The molecule has 0 amide bonds. The average molecular weight is 382 g/mol. The molecule has 0 aliphatic rings. The zero-order valence-electron chi connectivity index (χ0n) is 15.6. The molecule has 0 spiro atoms. The van der Waals surface area contributed by atoms with Crippen LogP contribution in [0.2, 0.25) is 0 Å². The molecule has 0 aliphatic heterocycles. The van der Waals surface area contributed by atoms with Crippen molar-refractivity contribution in [3.8, 4) is 0 Å². The highest BCUT2D eigenvalue weighted by Gasteiger charge is 2.13. The van der Waals surface area contributed by atoms with Crippen LogP contribution < -0.4 is 5.32 Å². The molecule has 1 atom stereocenters. The van der Waals surface area contributed by atoms with Gasteiger partial charge in [0.15, 0.2) is 5.96 Å². The molecular formula is C17H27N5OS2. The summed E-state index contributed by atoms with van der Waals surface area (Å²) in [6.45, 7) is 8.32. The zero-order chi connectivity index (χ0) is 18.2. The minimum Gasteiger partial charge on any atom is -0.375 e. The monoisotopic (exact) mass is 381 g/mol. The molecule has 0 fully saturated rings. The van der Waals surface area contributed by atoms with Crippen LogP contribution in [0.15, 0.2) is 15.8 Å². The summed E-state index contributed by atoms with van der Waals surface area (Å²) in [5.41, 5.74) is 2.05. The summed E-state index contributed by atoms with van der Waals surface area (Å²) in [5, 5.41) is 9.67. The van der Waals surface area contributed by atoms with E-state index < -0.39 is 0 Å². The van der Waals surface area contributed by atoms with Crippen molar-refractivity contribution in [2.24, 2.45) is 4.99 Å². The van der Waals surface area contributed by atoms with E-state index in [1.807, 2.05) is 14.0 Å². The van der Waals surface area contributed by atoms with Crippen molar-refractivity contribution in [1.82, 2.24) is 20.2 Å². The van der Waals surface area contributed by atoms with Gasteiger partial charge in [-0.1, -0.05) is 6.92 Å². The summed E-state index contributed by atoms with van der Waals surface area (Å²) >= 11 is 3.33. The van der Waals surface area contributed by atoms with Gasteiger partial charge in [0, 0.05) is 31.5 Å². The summed E-state index contributed by atoms with van der Waals surface area (Å²) in [7, 11) is 3.73. The lowest BCUT2D eigenvalue weighted by atomic mass is 10.4. The largest absolute Gasteiger partial charge is 0.375 e. The van der Waals surface area contributed by atoms with Gasteiger partial charge in [-0.25, -0.2) is 15.0 Å². The van der Waals surface area contributed by atoms with Crippen LogP contribution in [0.25, 0.3) is 0 Å². The SMILES string of the molecule is CCNC(=NCc1csc(CC)n1)N(C)Cc1csc(C(C)OC)n1. The highest BCUT2D eigenvalue weighted by atomic mass is 32.1. The van der Waals surface area contributed by atoms with Crippen molar-refractivity contribution in [3.05, 3.63) is 32.2 Å². The molecule has 6 nitrogen and oxygen atoms in total. The number of thiazole rings is 2. The second kappa shape index (κ2) is 9.84. The first-order valence-electron chi connectivity index (χ1n) is 8.47. The molecule has 0 saturated heterocycles. The molecular weight excluding hydrogens is 354 g/mol. The summed E-state index contributed by atoms with van der Waals surface area (Å²) in [5.74, 6) is 0.864. The third kappa shape index (κ3) is 5.76. The Labute approximate surface area is 158 Å². The Bertz CT molecular complexity index is 682. The number of aryl methyl sites for hydroxylation is 1. The standard InChI is InChI=1S/C17H27N5OS2/c1-6-15-20-13(10-24-15)8-19-17(18-7-2)22(4)9-14-11-25-16(21-14)12(3)23-5/h10-12H,6-9H2,1-5H3,(H,18,19). The number of nitrogens with one attached hydrogen (secondary N) is 1. The molecule has 8 heteroatoms. The number of hydrogen-bond donors (Lipinski definition) is 1. The van der Waals surface area contributed by atoms with E-state index in [9.17, 15) is 0 Å². The molecule has 0 aromatic carbocycles. The van der Waals surface area contributed by atoms with Crippen LogP contribution in [0.5, 0.6) is 0 Å². The van der Waals surface area contributed by atoms with E-state index in [-0.39, 0.29) is 6.10 Å². The van der Waals surface area contributed by atoms with Gasteiger partial charge in [0.25, 0.3) is 0 Å². The predicted molar refractivity (Wildman–Crippen MR) is 105 cm³/mol. The number of guanidine groups is 1. The van der Waals surface area contributed by atoms with Crippen molar-refractivity contribution in [3.63, 3.8) is 0 Å². The van der Waals surface area contributed by atoms with Crippen LogP contribution in [0.1, 0.15) is 48.3 Å². The number of aromatic nitrogens is 2. The molecule has 2 rings (SSSR count). The fourth-order valence-corrected chi connectivity index (χ4v) is 3.79. The van der Waals surface area contributed by atoms with Crippen LogP contribution in [0.4, 0.5) is 0 Å². The Morgan fingerprint density at radius 3 is 2.68 bits per heavy atom. The molecule has 1 unspecified atom stereocenters. The Hall–Kier alpha value is -1.51. The van der Waals surface area contributed by atoms with Gasteiger partial charge < -0.3 is 15.0 Å². The van der Waals surface area contributed by atoms with Gasteiger partial charge in [0.2, 0.25) is 0 Å². The third-order valence-electron chi connectivity index (χ3n) is 3.66. The fraction of sp³-hybridized carbons (Fsp3) is 0.588. The summed E-state index contributed by atoms with van der Waals surface area (Å²) in [4.78, 5) is 16.0. The summed E-state index contributed by atoms with van der Waals surface area (Å²) < 4.78 is 5.33. The van der Waals surface area contributed by atoms with E-state index in [1.54, 1.807) is 29.8 Å². The Morgan fingerprint density at radius 2 is 2.04 bits per heavy atom. The molecule has 0 radical (unpaired) electrons. The highest BCUT2D eigenvalue weighted by molar-refractivity contribution is 7.10. The van der Waals surface area contributed by atoms with Gasteiger partial charge in [-0.05, 0) is 20.3 Å². The van der Waals surface area contributed by atoms with Crippen LogP contribution >= 0.6 is 22.7 Å². The molecule has 2 aromatic rings. The van der Waals surface area contributed by atoms with Gasteiger partial charge in [0.1, 0.15) is 11.1 Å². The first kappa shape index (κ1) is 19.8. The number of nitrogens with zero attached hydrogens (tertiary/aromatic N) is 4. The van der Waals surface area contributed by atoms with Crippen LogP contribution in [-0.2, 0) is 24.2 Å². The lowest BCUT2D eigenvalue weighted by Crippen LogP contribution is -2.38. The van der Waals surface area contributed by atoms with Crippen LogP contribution in [0, 0.1) is 0 Å². The van der Waals surface area contributed by atoms with Crippen molar-refractivity contribution < 1.29 is 4.74 Å². The lowest BCUT2D eigenvalue weighted by Gasteiger charge is -2.21. The van der Waals surface area contributed by atoms with Gasteiger partial charge in [0.05, 0.1) is 29.5 Å². The Balaban J connectivity index is 2.02. The van der Waals surface area contributed by atoms with E-state index in [1.165, 1.54) is 0 Å². The van der Waals surface area contributed by atoms with Crippen molar-refractivity contribution in [1.29, 1.82) is 0 Å². The van der Waals surface area contributed by atoms with Gasteiger partial charge in [-0.15, -0.1) is 22.7 Å². The fourth-order valence-electron chi connectivity index (χ4n) is 2.21. The number of hydrogen-bond acceptors (Lipinski definition) is 6. The second-order valence-electron chi connectivity index (χ2n) is 5.67. The highest BCUT2D eigenvalue weighted by Crippen LogP contribution is 2.21.